The maximum Gasteiger partial charge on any atom is 0.123 e. The van der Waals surface area contributed by atoms with Crippen LogP contribution in [0, 0.1) is 17.1 Å². The highest BCUT2D eigenvalue weighted by atomic mass is 19.1. The van der Waals surface area contributed by atoms with Crippen LogP contribution in [0.15, 0.2) is 42.5 Å². The van der Waals surface area contributed by atoms with Crippen molar-refractivity contribution in [1.82, 2.24) is 0 Å². The first-order chi connectivity index (χ1) is 10.0. The third kappa shape index (κ3) is 3.59. The van der Waals surface area contributed by atoms with Gasteiger partial charge in [0.25, 0.3) is 0 Å². The van der Waals surface area contributed by atoms with Crippen molar-refractivity contribution < 1.29 is 4.39 Å². The minimum atomic E-state index is -0.286. The molecule has 108 valence electrons. The molecule has 0 spiro atoms. The molecule has 0 saturated carbocycles. The van der Waals surface area contributed by atoms with Crippen LogP contribution in [0.4, 0.5) is 10.1 Å². The van der Waals surface area contributed by atoms with Crippen molar-refractivity contribution >= 4 is 5.69 Å². The molecule has 2 N–H and O–H groups in total. The van der Waals surface area contributed by atoms with Crippen LogP contribution in [0.25, 0.3) is 0 Å². The first-order valence-electron chi connectivity index (χ1n) is 6.76. The van der Waals surface area contributed by atoms with E-state index < -0.39 is 0 Å². The summed E-state index contributed by atoms with van der Waals surface area (Å²) in [5.74, 6) is -0.286. The number of hydrogen-bond donors (Lipinski definition) is 1. The van der Waals surface area contributed by atoms with Crippen LogP contribution in [-0.2, 0) is 6.54 Å². The van der Waals surface area contributed by atoms with Crippen LogP contribution in [0.5, 0.6) is 0 Å². The van der Waals surface area contributed by atoms with E-state index in [1.54, 1.807) is 12.1 Å². The number of anilines is 1. The Hall–Kier alpha value is -2.38. The maximum atomic E-state index is 13.4. The number of hydrogen-bond acceptors (Lipinski definition) is 3. The Balaban J connectivity index is 2.28. The molecule has 2 aromatic rings. The Morgan fingerprint density at radius 1 is 1.29 bits per heavy atom. The number of halogens is 1. The third-order valence-electron chi connectivity index (χ3n) is 3.37. The van der Waals surface area contributed by atoms with E-state index in [2.05, 4.69) is 6.07 Å². The normalized spacial score (nSPS) is 11.8. The minimum Gasteiger partial charge on any atom is -0.370 e. The van der Waals surface area contributed by atoms with E-state index in [-0.39, 0.29) is 11.9 Å². The second kappa shape index (κ2) is 6.38. The number of nitriles is 1. The quantitative estimate of drug-likeness (QED) is 0.936. The fourth-order valence-corrected chi connectivity index (χ4v) is 2.34. The van der Waals surface area contributed by atoms with Gasteiger partial charge < -0.3 is 10.6 Å². The fourth-order valence-electron chi connectivity index (χ4n) is 2.34. The smallest absolute Gasteiger partial charge is 0.123 e. The molecule has 4 heteroatoms. The Labute approximate surface area is 124 Å². The van der Waals surface area contributed by atoms with Crippen LogP contribution in [-0.4, -0.2) is 7.05 Å². The summed E-state index contributed by atoms with van der Waals surface area (Å²) in [6.45, 7) is 2.46. The minimum absolute atomic E-state index is 0.247. The zero-order valence-corrected chi connectivity index (χ0v) is 12.2. The summed E-state index contributed by atoms with van der Waals surface area (Å²) in [7, 11) is 1.93. The van der Waals surface area contributed by atoms with E-state index in [9.17, 15) is 4.39 Å². The highest BCUT2D eigenvalue weighted by molar-refractivity contribution is 5.55. The molecular formula is C17H18FN3. The Morgan fingerprint density at radius 3 is 2.71 bits per heavy atom. The molecule has 0 unspecified atom stereocenters. The van der Waals surface area contributed by atoms with Crippen molar-refractivity contribution in [3.05, 3.63) is 65.0 Å². The molecule has 0 aliphatic carbocycles. The van der Waals surface area contributed by atoms with Crippen molar-refractivity contribution in [2.45, 2.75) is 19.5 Å². The van der Waals surface area contributed by atoms with E-state index in [0.29, 0.717) is 12.1 Å². The van der Waals surface area contributed by atoms with Crippen LogP contribution < -0.4 is 10.6 Å². The van der Waals surface area contributed by atoms with Crippen LogP contribution >= 0.6 is 0 Å². The number of nitrogens with two attached hydrogens (primary N) is 1. The van der Waals surface area contributed by atoms with Crippen molar-refractivity contribution in [3.63, 3.8) is 0 Å². The van der Waals surface area contributed by atoms with E-state index in [0.717, 1.165) is 16.8 Å². The first-order valence-corrected chi connectivity index (χ1v) is 6.76. The van der Waals surface area contributed by atoms with Crippen molar-refractivity contribution in [2.75, 3.05) is 11.9 Å². The van der Waals surface area contributed by atoms with Gasteiger partial charge in [-0.25, -0.2) is 4.39 Å². The lowest BCUT2D eigenvalue weighted by atomic mass is 10.0. The zero-order valence-electron chi connectivity index (χ0n) is 12.2. The highest BCUT2D eigenvalue weighted by Crippen LogP contribution is 2.26. The fraction of sp³-hybridized carbons (Fsp3) is 0.235. The topological polar surface area (TPSA) is 53.0 Å². The molecule has 0 amide bonds. The Morgan fingerprint density at radius 2 is 2.05 bits per heavy atom. The van der Waals surface area contributed by atoms with Crippen LogP contribution in [0.2, 0.25) is 0 Å². The monoisotopic (exact) mass is 283 g/mol. The summed E-state index contributed by atoms with van der Waals surface area (Å²) < 4.78 is 13.4. The van der Waals surface area contributed by atoms with Gasteiger partial charge in [0.05, 0.1) is 11.6 Å². The summed E-state index contributed by atoms with van der Waals surface area (Å²) in [6, 6.07) is 14.0. The molecule has 0 saturated heterocycles. The molecule has 0 bridgehead atoms. The van der Waals surface area contributed by atoms with Gasteiger partial charge in [0.2, 0.25) is 0 Å². The van der Waals surface area contributed by atoms with Crippen LogP contribution in [0.3, 0.4) is 0 Å². The lowest BCUT2D eigenvalue weighted by Crippen LogP contribution is -2.20. The van der Waals surface area contributed by atoms with Gasteiger partial charge in [0.1, 0.15) is 5.82 Å². The second-order valence-electron chi connectivity index (χ2n) is 5.16. The molecule has 21 heavy (non-hydrogen) atoms. The predicted molar refractivity (Wildman–Crippen MR) is 82.3 cm³/mol. The van der Waals surface area contributed by atoms with Gasteiger partial charge in [0, 0.05) is 25.3 Å². The first kappa shape index (κ1) is 15.0. The van der Waals surface area contributed by atoms with Gasteiger partial charge >= 0.3 is 0 Å². The Kier molecular flexibility index (Phi) is 4.56. The average molecular weight is 283 g/mol. The van der Waals surface area contributed by atoms with E-state index in [1.165, 1.54) is 12.1 Å². The molecule has 2 rings (SSSR count). The SMILES string of the molecule is C[C@@H](N)c1cc(F)ccc1N(C)Cc1cccc(C#N)c1. The number of rotatable bonds is 4. The van der Waals surface area contributed by atoms with E-state index in [4.69, 9.17) is 11.0 Å². The van der Waals surface area contributed by atoms with Crippen molar-refractivity contribution in [1.29, 1.82) is 5.26 Å². The number of benzene rings is 2. The zero-order chi connectivity index (χ0) is 15.4. The highest BCUT2D eigenvalue weighted by Gasteiger charge is 2.12. The summed E-state index contributed by atoms with van der Waals surface area (Å²) in [5, 5.41) is 8.94. The molecule has 0 aliphatic heterocycles. The molecule has 0 fully saturated rings. The summed E-state index contributed by atoms with van der Waals surface area (Å²) in [5.41, 5.74) is 9.25. The standard InChI is InChI=1S/C17H18FN3/c1-12(20)16-9-15(18)6-7-17(16)21(2)11-14-5-3-4-13(8-14)10-19/h3-9,12H,11,20H2,1-2H3/t12-/m1/s1. The third-order valence-corrected chi connectivity index (χ3v) is 3.37. The molecule has 0 heterocycles. The molecule has 2 aromatic carbocycles. The molecule has 3 nitrogen and oxygen atoms in total. The largest absolute Gasteiger partial charge is 0.370 e. The molecule has 0 aliphatic rings. The molecule has 1 atom stereocenters. The average Bonchev–Trinajstić information content (AvgIpc) is 2.47. The second-order valence-corrected chi connectivity index (χ2v) is 5.16. The van der Waals surface area contributed by atoms with Gasteiger partial charge in [-0.2, -0.15) is 5.26 Å². The maximum absolute atomic E-state index is 13.4. The van der Waals surface area contributed by atoms with E-state index in [1.807, 2.05) is 37.1 Å². The summed E-state index contributed by atoms with van der Waals surface area (Å²) >= 11 is 0. The van der Waals surface area contributed by atoms with Gasteiger partial charge in [-0.05, 0) is 48.4 Å². The lowest BCUT2D eigenvalue weighted by molar-refractivity contribution is 0.622. The van der Waals surface area contributed by atoms with E-state index >= 15 is 0 Å². The summed E-state index contributed by atoms with van der Waals surface area (Å²) in [6.07, 6.45) is 0. The summed E-state index contributed by atoms with van der Waals surface area (Å²) in [4.78, 5) is 2.01. The van der Waals surface area contributed by atoms with Crippen molar-refractivity contribution in [3.8, 4) is 6.07 Å². The lowest BCUT2D eigenvalue weighted by Gasteiger charge is -2.24. The van der Waals surface area contributed by atoms with Gasteiger partial charge in [0.15, 0.2) is 0 Å². The predicted octanol–water partition coefficient (Wildman–Crippen LogP) is 3.35. The molecule has 0 radical (unpaired) electrons. The van der Waals surface area contributed by atoms with Gasteiger partial charge in [-0.15, -0.1) is 0 Å². The van der Waals surface area contributed by atoms with Crippen LogP contribution in [0.1, 0.15) is 29.7 Å². The molecular weight excluding hydrogens is 265 g/mol. The van der Waals surface area contributed by atoms with Crippen molar-refractivity contribution in [2.24, 2.45) is 5.73 Å². The van der Waals surface area contributed by atoms with Gasteiger partial charge in [-0.1, -0.05) is 12.1 Å². The van der Waals surface area contributed by atoms with Gasteiger partial charge in [-0.3, -0.25) is 0 Å². The number of nitrogens with zero attached hydrogens (tertiary/aromatic N) is 2. The Bertz CT molecular complexity index is 674. The molecule has 0 aromatic heterocycles.